The first-order valence-corrected chi connectivity index (χ1v) is 7.86. The van der Waals surface area contributed by atoms with Crippen molar-refractivity contribution in [1.82, 2.24) is 20.2 Å². The lowest BCUT2D eigenvalue weighted by molar-refractivity contribution is 0.203. The van der Waals surface area contributed by atoms with Crippen molar-refractivity contribution in [2.45, 2.75) is 20.0 Å². The Hall–Kier alpha value is -2.34. The molecule has 2 rings (SSSR count). The van der Waals surface area contributed by atoms with Crippen LogP contribution < -0.4 is 10.6 Å². The van der Waals surface area contributed by atoms with Gasteiger partial charge in [-0.25, -0.2) is 9.98 Å². The zero-order valence-corrected chi connectivity index (χ0v) is 13.8. The van der Waals surface area contributed by atoms with Crippen molar-refractivity contribution in [3.63, 3.8) is 0 Å². The molecule has 124 valence electrons. The summed E-state index contributed by atoms with van der Waals surface area (Å²) in [7, 11) is 1.69. The Bertz CT molecular complexity index is 595. The molecule has 0 saturated heterocycles. The van der Waals surface area contributed by atoms with E-state index in [4.69, 9.17) is 4.74 Å². The quantitative estimate of drug-likeness (QED) is 0.441. The highest BCUT2D eigenvalue weighted by Gasteiger charge is 1.99. The number of methoxy groups -OCH3 is 1. The second-order valence-electron chi connectivity index (χ2n) is 5.17. The predicted molar refractivity (Wildman–Crippen MR) is 92.5 cm³/mol. The molecule has 2 aromatic rings. The Balaban J connectivity index is 1.95. The van der Waals surface area contributed by atoms with Gasteiger partial charge in [-0.1, -0.05) is 24.3 Å². The fraction of sp³-hybridized carbons (Fsp3) is 0.412. The monoisotopic (exact) mass is 315 g/mol. The van der Waals surface area contributed by atoms with Crippen LogP contribution in [0.3, 0.4) is 0 Å². The molecule has 0 saturated carbocycles. The van der Waals surface area contributed by atoms with Gasteiger partial charge in [-0.3, -0.25) is 0 Å². The average molecular weight is 315 g/mol. The molecule has 0 atom stereocenters. The largest absolute Gasteiger partial charge is 0.383 e. The van der Waals surface area contributed by atoms with E-state index in [1.165, 1.54) is 11.1 Å². The smallest absolute Gasteiger partial charge is 0.191 e. The summed E-state index contributed by atoms with van der Waals surface area (Å²) in [6.07, 6.45) is 5.59. The minimum absolute atomic E-state index is 0.639. The van der Waals surface area contributed by atoms with Gasteiger partial charge in [0, 0.05) is 39.1 Å². The van der Waals surface area contributed by atoms with Crippen LogP contribution in [-0.2, 0) is 17.8 Å². The number of guanidine groups is 1. The lowest BCUT2D eigenvalue weighted by Crippen LogP contribution is -2.38. The average Bonchev–Trinajstić information content (AvgIpc) is 3.06. The van der Waals surface area contributed by atoms with E-state index in [0.717, 1.165) is 25.6 Å². The summed E-state index contributed by atoms with van der Waals surface area (Å²) in [6, 6.07) is 8.47. The fourth-order valence-electron chi connectivity index (χ4n) is 2.20. The van der Waals surface area contributed by atoms with Crippen LogP contribution in [0.4, 0.5) is 0 Å². The first kappa shape index (κ1) is 17.0. The fourth-order valence-corrected chi connectivity index (χ4v) is 2.20. The highest BCUT2D eigenvalue weighted by Crippen LogP contribution is 2.08. The van der Waals surface area contributed by atoms with Crippen LogP contribution in [0.25, 0.3) is 0 Å². The molecule has 0 fully saturated rings. The van der Waals surface area contributed by atoms with E-state index in [9.17, 15) is 0 Å². The highest BCUT2D eigenvalue weighted by atomic mass is 16.5. The standard InChI is InChI=1S/C17H25N5O/c1-3-19-17(20-8-10-23-2)21-12-15-5-4-6-16(11-15)13-22-9-7-18-14-22/h4-7,9,11,14H,3,8,10,12-13H2,1-2H3,(H2,19,20,21). The summed E-state index contributed by atoms with van der Waals surface area (Å²) in [5.74, 6) is 0.810. The molecule has 6 heteroatoms. The summed E-state index contributed by atoms with van der Waals surface area (Å²) in [5, 5.41) is 6.48. The van der Waals surface area contributed by atoms with Gasteiger partial charge < -0.3 is 19.9 Å². The second-order valence-corrected chi connectivity index (χ2v) is 5.17. The van der Waals surface area contributed by atoms with Gasteiger partial charge in [-0.05, 0) is 18.1 Å². The van der Waals surface area contributed by atoms with Crippen LogP contribution >= 0.6 is 0 Å². The molecular formula is C17H25N5O. The summed E-state index contributed by atoms with van der Waals surface area (Å²) in [4.78, 5) is 8.68. The first-order valence-electron chi connectivity index (χ1n) is 7.86. The zero-order chi connectivity index (χ0) is 16.3. The van der Waals surface area contributed by atoms with E-state index in [0.29, 0.717) is 13.2 Å². The van der Waals surface area contributed by atoms with Gasteiger partial charge in [0.05, 0.1) is 19.5 Å². The Labute approximate surface area is 137 Å². The van der Waals surface area contributed by atoms with Crippen LogP contribution in [0.2, 0.25) is 0 Å². The summed E-state index contributed by atoms with van der Waals surface area (Å²) >= 11 is 0. The molecule has 1 aromatic carbocycles. The lowest BCUT2D eigenvalue weighted by atomic mass is 10.1. The van der Waals surface area contributed by atoms with Gasteiger partial charge in [0.1, 0.15) is 0 Å². The van der Waals surface area contributed by atoms with Crippen LogP contribution in [0.5, 0.6) is 0 Å². The molecule has 0 radical (unpaired) electrons. The number of nitrogens with one attached hydrogen (secondary N) is 2. The van der Waals surface area contributed by atoms with E-state index in [1.54, 1.807) is 13.3 Å². The molecule has 0 aliphatic heterocycles. The van der Waals surface area contributed by atoms with Crippen LogP contribution in [-0.4, -0.2) is 42.3 Å². The number of hydrogen-bond acceptors (Lipinski definition) is 3. The van der Waals surface area contributed by atoms with E-state index in [-0.39, 0.29) is 0 Å². The number of imidazole rings is 1. The number of hydrogen-bond donors (Lipinski definition) is 2. The third-order valence-corrected chi connectivity index (χ3v) is 3.28. The van der Waals surface area contributed by atoms with Gasteiger partial charge in [-0.15, -0.1) is 0 Å². The first-order chi connectivity index (χ1) is 11.3. The molecule has 1 heterocycles. The van der Waals surface area contributed by atoms with Crippen LogP contribution in [0, 0.1) is 0 Å². The molecule has 0 unspecified atom stereocenters. The maximum atomic E-state index is 5.05. The SMILES string of the molecule is CCNC(=NCc1cccc(Cn2ccnc2)c1)NCCOC. The zero-order valence-electron chi connectivity index (χ0n) is 13.8. The third kappa shape index (κ3) is 6.12. The molecule has 1 aromatic heterocycles. The Kier molecular flexibility index (Phi) is 7.13. The van der Waals surface area contributed by atoms with Crippen molar-refractivity contribution in [2.24, 2.45) is 4.99 Å². The Morgan fingerprint density at radius 2 is 2.17 bits per heavy atom. The third-order valence-electron chi connectivity index (χ3n) is 3.28. The number of benzene rings is 1. The van der Waals surface area contributed by atoms with Crippen molar-refractivity contribution in [3.05, 3.63) is 54.1 Å². The van der Waals surface area contributed by atoms with E-state index in [2.05, 4.69) is 56.4 Å². The molecule has 0 amide bonds. The summed E-state index contributed by atoms with van der Waals surface area (Å²) in [5.41, 5.74) is 2.43. The van der Waals surface area contributed by atoms with Crippen LogP contribution in [0.15, 0.2) is 48.0 Å². The number of aliphatic imine (C=N–C) groups is 1. The minimum Gasteiger partial charge on any atom is -0.383 e. The van der Waals surface area contributed by atoms with E-state index in [1.807, 2.05) is 12.5 Å². The summed E-state index contributed by atoms with van der Waals surface area (Å²) in [6.45, 7) is 5.75. The molecule has 0 aliphatic rings. The molecule has 0 bridgehead atoms. The topological polar surface area (TPSA) is 63.5 Å². The minimum atomic E-state index is 0.639. The normalized spacial score (nSPS) is 11.5. The maximum Gasteiger partial charge on any atom is 0.191 e. The van der Waals surface area contributed by atoms with Gasteiger partial charge >= 0.3 is 0 Å². The second kappa shape index (κ2) is 9.63. The molecule has 23 heavy (non-hydrogen) atoms. The maximum absolute atomic E-state index is 5.05. The number of nitrogens with zero attached hydrogens (tertiary/aromatic N) is 3. The number of ether oxygens (including phenoxy) is 1. The Morgan fingerprint density at radius 3 is 2.91 bits per heavy atom. The van der Waals surface area contributed by atoms with Crippen molar-refractivity contribution in [1.29, 1.82) is 0 Å². The highest BCUT2D eigenvalue weighted by molar-refractivity contribution is 5.79. The van der Waals surface area contributed by atoms with E-state index < -0.39 is 0 Å². The van der Waals surface area contributed by atoms with Crippen molar-refractivity contribution >= 4 is 5.96 Å². The van der Waals surface area contributed by atoms with Gasteiger partial charge in [-0.2, -0.15) is 0 Å². The number of rotatable bonds is 8. The summed E-state index contributed by atoms with van der Waals surface area (Å²) < 4.78 is 7.10. The van der Waals surface area contributed by atoms with Gasteiger partial charge in [0.15, 0.2) is 5.96 Å². The Morgan fingerprint density at radius 1 is 1.30 bits per heavy atom. The van der Waals surface area contributed by atoms with Crippen molar-refractivity contribution in [3.8, 4) is 0 Å². The number of aromatic nitrogens is 2. The predicted octanol–water partition coefficient (Wildman–Crippen LogP) is 1.63. The van der Waals surface area contributed by atoms with Gasteiger partial charge in [0.25, 0.3) is 0 Å². The molecule has 2 N–H and O–H groups in total. The molecular weight excluding hydrogens is 290 g/mol. The molecule has 6 nitrogen and oxygen atoms in total. The molecule has 0 aliphatic carbocycles. The van der Waals surface area contributed by atoms with E-state index >= 15 is 0 Å². The molecule has 0 spiro atoms. The van der Waals surface area contributed by atoms with Crippen LogP contribution in [0.1, 0.15) is 18.1 Å². The lowest BCUT2D eigenvalue weighted by Gasteiger charge is -2.11. The van der Waals surface area contributed by atoms with Crippen molar-refractivity contribution in [2.75, 3.05) is 26.8 Å². The van der Waals surface area contributed by atoms with Crippen molar-refractivity contribution < 1.29 is 4.74 Å². The van der Waals surface area contributed by atoms with Gasteiger partial charge in [0.2, 0.25) is 0 Å².